The van der Waals surface area contributed by atoms with Crippen molar-refractivity contribution in [3.63, 3.8) is 0 Å². The zero-order chi connectivity index (χ0) is 21.6. The van der Waals surface area contributed by atoms with Gasteiger partial charge in [0, 0.05) is 12.5 Å². The fraction of sp³-hybridized carbons (Fsp3) is 0.450. The highest BCUT2D eigenvalue weighted by molar-refractivity contribution is 7.91. The normalized spacial score (nSPS) is 13.1. The molecular formula is C20H25FN4O3S. The maximum Gasteiger partial charge on any atom is 0.266 e. The van der Waals surface area contributed by atoms with Crippen molar-refractivity contribution in [3.05, 3.63) is 53.3 Å². The third kappa shape index (κ3) is 4.10. The maximum absolute atomic E-state index is 13.1. The van der Waals surface area contributed by atoms with Gasteiger partial charge >= 0.3 is 0 Å². The van der Waals surface area contributed by atoms with E-state index in [0.717, 1.165) is 5.69 Å². The van der Waals surface area contributed by atoms with Gasteiger partial charge in [0.1, 0.15) is 16.3 Å². The van der Waals surface area contributed by atoms with Gasteiger partial charge < -0.3 is 4.42 Å². The zero-order valence-electron chi connectivity index (χ0n) is 17.4. The summed E-state index contributed by atoms with van der Waals surface area (Å²) in [5, 5.41) is 12.5. The molecule has 2 heterocycles. The summed E-state index contributed by atoms with van der Waals surface area (Å²) in [7, 11) is -1.95. The molecular weight excluding hydrogens is 395 g/mol. The Morgan fingerprint density at radius 2 is 1.69 bits per heavy atom. The summed E-state index contributed by atoms with van der Waals surface area (Å²) in [6.07, 6.45) is 0. The highest BCUT2D eigenvalue weighted by Gasteiger charge is 2.41. The highest BCUT2D eigenvalue weighted by Crippen LogP contribution is 2.34. The number of nitrogens with zero attached hydrogens (tertiary/aromatic N) is 4. The monoisotopic (exact) mass is 420 g/mol. The molecule has 7 nitrogen and oxygen atoms in total. The van der Waals surface area contributed by atoms with Gasteiger partial charge in [-0.05, 0) is 37.6 Å². The largest absolute Gasteiger partial charge is 0.418 e. The average Bonchev–Trinajstić information content (AvgIpc) is 3.23. The van der Waals surface area contributed by atoms with Crippen LogP contribution in [0.3, 0.4) is 0 Å². The number of aromatic nitrogens is 4. The van der Waals surface area contributed by atoms with E-state index < -0.39 is 20.4 Å². The predicted octanol–water partition coefficient (Wildman–Crippen LogP) is 3.76. The molecule has 29 heavy (non-hydrogen) atoms. The predicted molar refractivity (Wildman–Crippen MR) is 107 cm³/mol. The summed E-state index contributed by atoms with van der Waals surface area (Å²) in [4.78, 5) is 0. The van der Waals surface area contributed by atoms with E-state index >= 15 is 0 Å². The Balaban J connectivity index is 1.92. The van der Waals surface area contributed by atoms with Gasteiger partial charge in [-0.2, -0.15) is 5.10 Å². The van der Waals surface area contributed by atoms with E-state index in [9.17, 15) is 12.8 Å². The molecule has 0 atom stereocenters. The van der Waals surface area contributed by atoms with Crippen LogP contribution in [0.15, 0.2) is 34.7 Å². The summed E-state index contributed by atoms with van der Waals surface area (Å²) >= 11 is 0. The van der Waals surface area contributed by atoms with Crippen LogP contribution < -0.4 is 0 Å². The van der Waals surface area contributed by atoms with Crippen molar-refractivity contribution in [2.24, 2.45) is 7.05 Å². The third-order valence-electron chi connectivity index (χ3n) is 4.85. The Hall–Kier alpha value is -2.55. The lowest BCUT2D eigenvalue weighted by molar-refractivity contribution is 0.436. The van der Waals surface area contributed by atoms with Crippen molar-refractivity contribution in [2.75, 3.05) is 0 Å². The number of sulfone groups is 1. The fourth-order valence-electron chi connectivity index (χ4n) is 2.72. The van der Waals surface area contributed by atoms with E-state index in [2.05, 4.69) is 15.3 Å². The molecule has 2 aromatic heterocycles. The molecule has 0 N–H and O–H groups in total. The molecule has 0 saturated heterocycles. The number of benzene rings is 1. The van der Waals surface area contributed by atoms with Crippen molar-refractivity contribution in [1.82, 2.24) is 20.0 Å². The average molecular weight is 421 g/mol. The fourth-order valence-corrected chi connectivity index (χ4v) is 4.06. The number of halogens is 1. The second-order valence-corrected chi connectivity index (χ2v) is 11.1. The number of rotatable bonds is 5. The van der Waals surface area contributed by atoms with E-state index in [1.165, 1.54) is 38.1 Å². The smallest absolute Gasteiger partial charge is 0.266 e. The Bertz CT molecular complexity index is 1120. The number of aryl methyl sites for hydroxylation is 1. The van der Waals surface area contributed by atoms with Gasteiger partial charge in [-0.1, -0.05) is 32.9 Å². The van der Waals surface area contributed by atoms with Crippen molar-refractivity contribution >= 4 is 9.84 Å². The molecule has 0 fully saturated rings. The van der Waals surface area contributed by atoms with Gasteiger partial charge in [-0.15, -0.1) is 10.2 Å². The summed E-state index contributed by atoms with van der Waals surface area (Å²) in [6, 6.07) is 7.23. The molecule has 0 bridgehead atoms. The van der Waals surface area contributed by atoms with Crippen LogP contribution in [-0.4, -0.2) is 28.4 Å². The molecule has 3 aromatic rings. The lowest BCUT2D eigenvalue weighted by Gasteiger charge is -2.20. The molecule has 156 valence electrons. The van der Waals surface area contributed by atoms with E-state index in [1.807, 2.05) is 26.8 Å². The molecule has 0 spiro atoms. The van der Waals surface area contributed by atoms with Crippen molar-refractivity contribution in [3.8, 4) is 11.6 Å². The summed E-state index contributed by atoms with van der Waals surface area (Å²) in [5.74, 6) is -0.487. The van der Waals surface area contributed by atoms with Crippen LogP contribution in [0.5, 0.6) is 0 Å². The van der Waals surface area contributed by atoms with Gasteiger partial charge in [0.05, 0.1) is 11.4 Å². The van der Waals surface area contributed by atoms with Gasteiger partial charge in [-0.3, -0.25) is 4.68 Å². The van der Waals surface area contributed by atoms with Gasteiger partial charge in [0.2, 0.25) is 5.89 Å². The summed E-state index contributed by atoms with van der Waals surface area (Å²) in [6.45, 7) is 9.18. The van der Waals surface area contributed by atoms with Crippen LogP contribution >= 0.6 is 0 Å². The van der Waals surface area contributed by atoms with Crippen LogP contribution in [0.1, 0.15) is 51.8 Å². The van der Waals surface area contributed by atoms with Crippen LogP contribution in [0.4, 0.5) is 4.39 Å². The standard InChI is InChI=1S/C20H25FN4O3S/c1-19(2,3)16-11-15(25(6)24-16)17-22-23-18(28-17)20(4,5)29(26,27)12-13-7-9-14(21)10-8-13/h7-11H,12H2,1-6H3. The van der Waals surface area contributed by atoms with Crippen LogP contribution in [-0.2, 0) is 32.8 Å². The minimum Gasteiger partial charge on any atom is -0.418 e. The lowest BCUT2D eigenvalue weighted by Crippen LogP contribution is -2.31. The Kier molecular flexibility index (Phi) is 5.15. The first-order valence-corrected chi connectivity index (χ1v) is 10.8. The topological polar surface area (TPSA) is 90.9 Å². The quantitative estimate of drug-likeness (QED) is 0.624. The van der Waals surface area contributed by atoms with Crippen molar-refractivity contribution in [2.45, 2.75) is 50.5 Å². The number of hydrogen-bond acceptors (Lipinski definition) is 6. The van der Waals surface area contributed by atoms with Gasteiger partial charge in [-0.25, -0.2) is 12.8 Å². The second kappa shape index (κ2) is 7.05. The minimum absolute atomic E-state index is 0.00637. The van der Waals surface area contributed by atoms with Gasteiger partial charge in [0.25, 0.3) is 5.89 Å². The molecule has 3 rings (SSSR count). The van der Waals surface area contributed by atoms with Gasteiger partial charge in [0.15, 0.2) is 9.84 Å². The SMILES string of the molecule is Cn1nc(C(C)(C)C)cc1-c1nnc(C(C)(C)S(=O)(=O)Cc2ccc(F)cc2)o1. The molecule has 0 aliphatic heterocycles. The first kappa shape index (κ1) is 21.2. The second-order valence-electron chi connectivity index (χ2n) is 8.60. The van der Waals surface area contributed by atoms with E-state index in [4.69, 9.17) is 4.42 Å². The van der Waals surface area contributed by atoms with Crippen molar-refractivity contribution in [1.29, 1.82) is 0 Å². The van der Waals surface area contributed by atoms with E-state index in [1.54, 1.807) is 11.7 Å². The van der Waals surface area contributed by atoms with Crippen LogP contribution in [0.2, 0.25) is 0 Å². The first-order chi connectivity index (χ1) is 13.3. The molecule has 0 unspecified atom stereocenters. The van der Waals surface area contributed by atoms with Crippen LogP contribution in [0, 0.1) is 5.82 Å². The molecule has 0 aliphatic carbocycles. The van der Waals surface area contributed by atoms with E-state index in [-0.39, 0.29) is 22.9 Å². The molecule has 0 saturated carbocycles. The molecule has 0 amide bonds. The Morgan fingerprint density at radius 1 is 1.07 bits per heavy atom. The third-order valence-corrected chi connectivity index (χ3v) is 7.30. The van der Waals surface area contributed by atoms with Crippen molar-refractivity contribution < 1.29 is 17.2 Å². The molecule has 0 aliphatic rings. The Labute approximate surface area is 169 Å². The summed E-state index contributed by atoms with van der Waals surface area (Å²) in [5.41, 5.74) is 1.80. The number of hydrogen-bond donors (Lipinski definition) is 0. The lowest BCUT2D eigenvalue weighted by atomic mass is 9.92. The Morgan fingerprint density at radius 3 is 2.24 bits per heavy atom. The maximum atomic E-state index is 13.1. The van der Waals surface area contributed by atoms with Crippen LogP contribution in [0.25, 0.3) is 11.6 Å². The molecule has 1 aromatic carbocycles. The minimum atomic E-state index is -3.72. The molecule has 9 heteroatoms. The first-order valence-electron chi connectivity index (χ1n) is 9.17. The molecule has 0 radical (unpaired) electrons. The highest BCUT2D eigenvalue weighted by atomic mass is 32.2. The summed E-state index contributed by atoms with van der Waals surface area (Å²) < 4.78 is 45.1. The van der Waals surface area contributed by atoms with E-state index in [0.29, 0.717) is 11.3 Å². The zero-order valence-corrected chi connectivity index (χ0v) is 18.2.